The molecule has 1 N–H and O–H groups in total. The fourth-order valence-electron chi connectivity index (χ4n) is 0.949. The minimum Gasteiger partial charge on any atom is -0.478 e. The number of aromatic amines is 1. The number of rotatable bonds is 3. The normalized spacial score (nSPS) is 10.5. The minimum atomic E-state index is -0.165. The van der Waals surface area contributed by atoms with Gasteiger partial charge in [-0.25, -0.2) is 0 Å². The van der Waals surface area contributed by atoms with Crippen LogP contribution in [0.3, 0.4) is 0 Å². The number of nitrogens with zero attached hydrogens (tertiary/aromatic N) is 1. The highest BCUT2D eigenvalue weighted by Crippen LogP contribution is 2.10. The Balaban J connectivity index is 3.04. The third-order valence-corrected chi connectivity index (χ3v) is 1.58. The number of hydrogen-bond acceptors (Lipinski definition) is 3. The van der Waals surface area contributed by atoms with Crippen molar-refractivity contribution in [2.45, 2.75) is 26.7 Å². The van der Waals surface area contributed by atoms with Crippen LogP contribution in [0.25, 0.3) is 0 Å². The van der Waals surface area contributed by atoms with Gasteiger partial charge in [0.15, 0.2) is 0 Å². The average Bonchev–Trinajstić information content (AvgIpc) is 2.03. The molecule has 72 valence electrons. The van der Waals surface area contributed by atoms with Crippen molar-refractivity contribution in [3.8, 4) is 5.88 Å². The molecular formula is C9H14N2O2. The Morgan fingerprint density at radius 3 is 2.85 bits per heavy atom. The summed E-state index contributed by atoms with van der Waals surface area (Å²) in [6, 6.07) is 1.36. The maximum Gasteiger partial charge on any atom is 0.254 e. The second-order valence-corrected chi connectivity index (χ2v) is 3.06. The third kappa shape index (κ3) is 2.57. The van der Waals surface area contributed by atoms with Crippen LogP contribution in [0.15, 0.2) is 10.9 Å². The van der Waals surface area contributed by atoms with Crippen LogP contribution in [-0.4, -0.2) is 16.6 Å². The maximum absolute atomic E-state index is 11.1. The Morgan fingerprint density at radius 2 is 2.31 bits per heavy atom. The Labute approximate surface area is 77.0 Å². The molecule has 0 spiro atoms. The predicted molar refractivity (Wildman–Crippen MR) is 50.1 cm³/mol. The van der Waals surface area contributed by atoms with Gasteiger partial charge in [-0.1, -0.05) is 13.8 Å². The summed E-state index contributed by atoms with van der Waals surface area (Å²) < 4.78 is 5.15. The Kier molecular flexibility index (Phi) is 3.06. The van der Waals surface area contributed by atoms with Crippen molar-refractivity contribution >= 4 is 0 Å². The molecule has 0 amide bonds. The van der Waals surface area contributed by atoms with Gasteiger partial charge < -0.3 is 9.72 Å². The molecule has 0 aromatic carbocycles. The zero-order chi connectivity index (χ0) is 9.84. The van der Waals surface area contributed by atoms with E-state index in [1.807, 2.05) is 20.8 Å². The lowest BCUT2D eigenvalue weighted by Crippen LogP contribution is -2.12. The van der Waals surface area contributed by atoms with E-state index in [1.165, 1.54) is 6.07 Å². The minimum absolute atomic E-state index is 0.165. The molecule has 0 bridgehead atoms. The van der Waals surface area contributed by atoms with Crippen LogP contribution >= 0.6 is 0 Å². The SMILES string of the molecule is CCOc1cc(=O)[nH]c(C(C)C)n1. The molecule has 1 heterocycles. The van der Waals surface area contributed by atoms with Gasteiger partial charge in [0.1, 0.15) is 5.82 Å². The molecule has 0 radical (unpaired) electrons. The average molecular weight is 182 g/mol. The maximum atomic E-state index is 11.1. The predicted octanol–water partition coefficient (Wildman–Crippen LogP) is 1.29. The van der Waals surface area contributed by atoms with Gasteiger partial charge in [-0.05, 0) is 6.92 Å². The molecule has 1 aromatic heterocycles. The molecule has 0 fully saturated rings. The van der Waals surface area contributed by atoms with Crippen molar-refractivity contribution in [1.82, 2.24) is 9.97 Å². The summed E-state index contributed by atoms with van der Waals surface area (Å²) in [7, 11) is 0. The standard InChI is InChI=1S/C9H14N2O2/c1-4-13-8-5-7(12)10-9(11-8)6(2)3/h5-6H,4H2,1-3H3,(H,10,11,12). The molecule has 1 rings (SSSR count). The van der Waals surface area contributed by atoms with Crippen molar-refractivity contribution in [3.05, 3.63) is 22.2 Å². The zero-order valence-electron chi connectivity index (χ0n) is 8.13. The van der Waals surface area contributed by atoms with Crippen molar-refractivity contribution < 1.29 is 4.74 Å². The summed E-state index contributed by atoms with van der Waals surface area (Å²) >= 11 is 0. The monoisotopic (exact) mass is 182 g/mol. The summed E-state index contributed by atoms with van der Waals surface area (Å²) in [4.78, 5) is 17.9. The summed E-state index contributed by atoms with van der Waals surface area (Å²) in [6.45, 7) is 6.31. The van der Waals surface area contributed by atoms with Gasteiger partial charge >= 0.3 is 0 Å². The molecule has 0 saturated carbocycles. The zero-order valence-corrected chi connectivity index (χ0v) is 8.13. The molecule has 1 aromatic rings. The van der Waals surface area contributed by atoms with E-state index in [1.54, 1.807) is 0 Å². The van der Waals surface area contributed by atoms with Crippen molar-refractivity contribution in [2.75, 3.05) is 6.61 Å². The first-order chi connectivity index (χ1) is 6.13. The van der Waals surface area contributed by atoms with E-state index in [9.17, 15) is 4.79 Å². The summed E-state index contributed by atoms with van der Waals surface area (Å²) in [5.41, 5.74) is -0.165. The Bertz CT molecular complexity index is 331. The van der Waals surface area contributed by atoms with E-state index in [4.69, 9.17) is 4.74 Å². The van der Waals surface area contributed by atoms with Crippen molar-refractivity contribution in [1.29, 1.82) is 0 Å². The first kappa shape index (κ1) is 9.77. The first-order valence-electron chi connectivity index (χ1n) is 4.37. The van der Waals surface area contributed by atoms with Crippen molar-refractivity contribution in [2.24, 2.45) is 0 Å². The fraction of sp³-hybridized carbons (Fsp3) is 0.556. The molecule has 0 aliphatic heterocycles. The van der Waals surface area contributed by atoms with Crippen LogP contribution in [0.1, 0.15) is 32.5 Å². The number of H-pyrrole nitrogens is 1. The van der Waals surface area contributed by atoms with Gasteiger partial charge in [0.25, 0.3) is 5.56 Å². The van der Waals surface area contributed by atoms with E-state index in [-0.39, 0.29) is 11.5 Å². The quantitative estimate of drug-likeness (QED) is 0.766. The fourth-order valence-corrected chi connectivity index (χ4v) is 0.949. The summed E-state index contributed by atoms with van der Waals surface area (Å²) in [6.07, 6.45) is 0. The van der Waals surface area contributed by atoms with E-state index in [0.717, 1.165) is 0 Å². The van der Waals surface area contributed by atoms with Crippen LogP contribution in [0.5, 0.6) is 5.88 Å². The lowest BCUT2D eigenvalue weighted by Gasteiger charge is -2.06. The molecule has 13 heavy (non-hydrogen) atoms. The van der Waals surface area contributed by atoms with E-state index >= 15 is 0 Å². The largest absolute Gasteiger partial charge is 0.478 e. The Hall–Kier alpha value is -1.32. The van der Waals surface area contributed by atoms with Gasteiger partial charge in [-0.3, -0.25) is 4.79 Å². The molecular weight excluding hydrogens is 168 g/mol. The molecule has 0 saturated heterocycles. The number of hydrogen-bond donors (Lipinski definition) is 1. The molecule has 0 aliphatic rings. The first-order valence-corrected chi connectivity index (χ1v) is 4.37. The molecule has 0 atom stereocenters. The third-order valence-electron chi connectivity index (χ3n) is 1.58. The second-order valence-electron chi connectivity index (χ2n) is 3.06. The topological polar surface area (TPSA) is 55.0 Å². The molecule has 0 aliphatic carbocycles. The number of aromatic nitrogens is 2. The lowest BCUT2D eigenvalue weighted by molar-refractivity contribution is 0.323. The van der Waals surface area contributed by atoms with E-state index < -0.39 is 0 Å². The van der Waals surface area contributed by atoms with Crippen LogP contribution in [-0.2, 0) is 0 Å². The molecule has 4 heteroatoms. The molecule has 4 nitrogen and oxygen atoms in total. The van der Waals surface area contributed by atoms with Crippen LogP contribution in [0, 0.1) is 0 Å². The number of nitrogens with one attached hydrogen (secondary N) is 1. The van der Waals surface area contributed by atoms with Gasteiger partial charge in [-0.2, -0.15) is 4.98 Å². The Morgan fingerprint density at radius 1 is 1.62 bits per heavy atom. The van der Waals surface area contributed by atoms with E-state index in [0.29, 0.717) is 18.3 Å². The van der Waals surface area contributed by atoms with Gasteiger partial charge in [-0.15, -0.1) is 0 Å². The highest BCUT2D eigenvalue weighted by Gasteiger charge is 2.04. The van der Waals surface area contributed by atoms with Gasteiger partial charge in [0.05, 0.1) is 12.7 Å². The highest BCUT2D eigenvalue weighted by atomic mass is 16.5. The smallest absolute Gasteiger partial charge is 0.254 e. The van der Waals surface area contributed by atoms with Gasteiger partial charge in [0.2, 0.25) is 5.88 Å². The summed E-state index contributed by atoms with van der Waals surface area (Å²) in [5.74, 6) is 1.26. The van der Waals surface area contributed by atoms with Crippen LogP contribution in [0.4, 0.5) is 0 Å². The highest BCUT2D eigenvalue weighted by molar-refractivity contribution is 5.10. The summed E-state index contributed by atoms with van der Waals surface area (Å²) in [5, 5.41) is 0. The second kappa shape index (κ2) is 4.07. The lowest BCUT2D eigenvalue weighted by atomic mass is 10.2. The van der Waals surface area contributed by atoms with E-state index in [2.05, 4.69) is 9.97 Å². The molecule has 0 unspecified atom stereocenters. The van der Waals surface area contributed by atoms with Gasteiger partial charge in [0, 0.05) is 5.92 Å². The van der Waals surface area contributed by atoms with Crippen molar-refractivity contribution in [3.63, 3.8) is 0 Å². The van der Waals surface area contributed by atoms with Crippen LogP contribution < -0.4 is 10.3 Å². The number of ether oxygens (including phenoxy) is 1. The van der Waals surface area contributed by atoms with Crippen LogP contribution in [0.2, 0.25) is 0 Å².